The fraction of sp³-hybridized carbons (Fsp3) is 0.607. The van der Waals surface area contributed by atoms with Crippen molar-refractivity contribution in [1.82, 2.24) is 19.6 Å². The first-order valence-corrected chi connectivity index (χ1v) is 12.6. The molecule has 6 nitrogen and oxygen atoms in total. The van der Waals surface area contributed by atoms with Crippen LogP contribution in [-0.2, 0) is 19.4 Å². The van der Waals surface area contributed by atoms with E-state index in [2.05, 4.69) is 44.7 Å². The molecule has 1 saturated heterocycles. The molecule has 0 bridgehead atoms. The van der Waals surface area contributed by atoms with E-state index in [9.17, 15) is 9.18 Å². The van der Waals surface area contributed by atoms with E-state index in [1.165, 1.54) is 0 Å². The molecule has 4 heterocycles. The number of aromatic nitrogens is 3. The molecule has 2 aliphatic rings. The van der Waals surface area contributed by atoms with Gasteiger partial charge >= 0.3 is 0 Å². The summed E-state index contributed by atoms with van der Waals surface area (Å²) in [6.45, 7) is 15.1. The Morgan fingerprint density at radius 1 is 1.29 bits per heavy atom. The summed E-state index contributed by atoms with van der Waals surface area (Å²) in [4.78, 5) is 20.7. The molecule has 1 aromatic carbocycles. The van der Waals surface area contributed by atoms with Crippen LogP contribution in [0, 0.1) is 24.1 Å². The van der Waals surface area contributed by atoms with E-state index in [-0.39, 0.29) is 39.4 Å². The molecule has 5 rings (SSSR count). The number of halogens is 1. The Kier molecular flexibility index (Phi) is 5.03. The molecule has 2 aliphatic heterocycles. The fourth-order valence-corrected chi connectivity index (χ4v) is 5.86. The van der Waals surface area contributed by atoms with Gasteiger partial charge in [-0.1, -0.05) is 25.9 Å². The average Bonchev–Trinajstić information content (AvgIpc) is 3.29. The molecule has 188 valence electrons. The maximum atomic E-state index is 14.2. The number of hydrogen-bond donors (Lipinski definition) is 0. The zero-order valence-corrected chi connectivity index (χ0v) is 21.6. The van der Waals surface area contributed by atoms with Gasteiger partial charge < -0.3 is 4.52 Å². The van der Waals surface area contributed by atoms with Crippen LogP contribution in [-0.4, -0.2) is 38.2 Å². The number of rotatable bonds is 4. The van der Waals surface area contributed by atoms with Crippen LogP contribution < -0.4 is 5.56 Å². The van der Waals surface area contributed by atoms with Gasteiger partial charge in [0.2, 0.25) is 0 Å². The van der Waals surface area contributed by atoms with Crippen molar-refractivity contribution in [3.63, 3.8) is 0 Å². The monoisotopic (exact) mass is 483 g/mol. The predicted octanol–water partition coefficient (Wildman–Crippen LogP) is 5.25. The first kappa shape index (κ1) is 20.6. The molecule has 2 aromatic heterocycles. The summed E-state index contributed by atoms with van der Waals surface area (Å²) in [5.41, 5.74) is 1.98. The van der Waals surface area contributed by atoms with Crippen LogP contribution in [0.5, 0.6) is 0 Å². The van der Waals surface area contributed by atoms with Gasteiger partial charge in [0.15, 0.2) is 5.58 Å². The van der Waals surface area contributed by atoms with E-state index >= 15 is 0 Å². The van der Waals surface area contributed by atoms with Gasteiger partial charge in [0.05, 0.1) is 9.81 Å². The third kappa shape index (κ3) is 4.32. The smallest absolute Gasteiger partial charge is 0.257 e. The second-order valence-corrected chi connectivity index (χ2v) is 11.8. The van der Waals surface area contributed by atoms with Crippen molar-refractivity contribution < 1.29 is 13.0 Å². The second kappa shape index (κ2) is 8.54. The summed E-state index contributed by atoms with van der Waals surface area (Å²) in [5.74, 6) is 0.262. The minimum Gasteiger partial charge on any atom is -0.356 e. The zero-order valence-electron chi connectivity index (χ0n) is 24.6. The number of fused-ring (bicyclic) bond motifs is 2. The van der Waals surface area contributed by atoms with Crippen LogP contribution in [0.1, 0.15) is 80.3 Å². The summed E-state index contributed by atoms with van der Waals surface area (Å²) in [6, 6.07) is -1.39. The lowest BCUT2D eigenvalue weighted by atomic mass is 9.75. The van der Waals surface area contributed by atoms with E-state index in [0.29, 0.717) is 24.6 Å². The maximum absolute atomic E-state index is 14.2. The lowest BCUT2D eigenvalue weighted by Gasteiger charge is -2.45. The predicted molar refractivity (Wildman–Crippen MR) is 135 cm³/mol. The number of piperidine rings is 1. The van der Waals surface area contributed by atoms with Crippen molar-refractivity contribution in [1.29, 1.82) is 0 Å². The zero-order chi connectivity index (χ0) is 27.7. The Balaban J connectivity index is 1.36. The fourth-order valence-electron chi connectivity index (χ4n) is 5.86. The van der Waals surface area contributed by atoms with Crippen molar-refractivity contribution in [2.24, 2.45) is 11.3 Å². The van der Waals surface area contributed by atoms with Crippen LogP contribution in [0.4, 0.5) is 4.39 Å². The lowest BCUT2D eigenvalue weighted by Crippen LogP contribution is -2.50. The van der Waals surface area contributed by atoms with Gasteiger partial charge in [0.1, 0.15) is 11.6 Å². The van der Waals surface area contributed by atoms with Crippen molar-refractivity contribution >= 4 is 11.0 Å². The van der Waals surface area contributed by atoms with Crippen LogP contribution in [0.2, 0.25) is 0 Å². The normalized spacial score (nSPS) is 25.2. The minimum atomic E-state index is -1.05. The summed E-state index contributed by atoms with van der Waals surface area (Å²) in [5, 5.41) is 4.43. The summed E-state index contributed by atoms with van der Waals surface area (Å²) >= 11 is 0. The Hall–Kier alpha value is -2.54. The van der Waals surface area contributed by atoms with Crippen LogP contribution >= 0.6 is 0 Å². The summed E-state index contributed by atoms with van der Waals surface area (Å²) < 4.78 is 45.5. The highest BCUT2D eigenvalue weighted by Crippen LogP contribution is 2.40. The minimum absolute atomic E-state index is 0.0437. The van der Waals surface area contributed by atoms with E-state index in [4.69, 9.17) is 13.6 Å². The van der Waals surface area contributed by atoms with E-state index in [1.807, 2.05) is 11.5 Å². The van der Waals surface area contributed by atoms with Gasteiger partial charge in [-0.15, -0.1) is 0 Å². The first-order valence-electron chi connectivity index (χ1n) is 14.1. The molecule has 0 radical (unpaired) electrons. The molecule has 0 aliphatic carbocycles. The molecule has 35 heavy (non-hydrogen) atoms. The number of hydrogen-bond acceptors (Lipinski definition) is 5. The molecule has 3 aromatic rings. The third-order valence-electron chi connectivity index (χ3n) is 8.54. The van der Waals surface area contributed by atoms with Crippen molar-refractivity contribution in [3.05, 3.63) is 57.1 Å². The number of benzene rings is 1. The van der Waals surface area contributed by atoms with Crippen molar-refractivity contribution in [2.75, 3.05) is 13.1 Å². The quantitative estimate of drug-likeness (QED) is 0.507. The number of likely N-dealkylation sites (tertiary alicyclic amines) is 1. The van der Waals surface area contributed by atoms with Crippen LogP contribution in [0.25, 0.3) is 11.0 Å². The number of nitrogens with zero attached hydrogens (tertiary/aromatic N) is 4. The number of aryl methyl sites for hydroxylation is 1. The molecular formula is C28H37FN4O2. The van der Waals surface area contributed by atoms with E-state index in [1.54, 1.807) is 0 Å². The largest absolute Gasteiger partial charge is 0.356 e. The van der Waals surface area contributed by atoms with E-state index in [0.717, 1.165) is 49.4 Å². The summed E-state index contributed by atoms with van der Waals surface area (Å²) in [6.07, 6.45) is 2.90. The Bertz CT molecular complexity index is 1480. The Labute approximate surface area is 210 Å². The molecule has 0 spiro atoms. The highest BCUT2D eigenvalue weighted by Gasteiger charge is 2.38. The van der Waals surface area contributed by atoms with Gasteiger partial charge in [0, 0.05) is 53.7 Å². The average molecular weight is 484 g/mol. The third-order valence-corrected chi connectivity index (χ3v) is 8.54. The molecule has 0 saturated carbocycles. The first-order chi connectivity index (χ1) is 17.7. The Morgan fingerprint density at radius 3 is 2.80 bits per heavy atom. The van der Waals surface area contributed by atoms with E-state index < -0.39 is 17.9 Å². The highest BCUT2D eigenvalue weighted by atomic mass is 19.1. The van der Waals surface area contributed by atoms with Crippen LogP contribution in [0.3, 0.4) is 0 Å². The lowest BCUT2D eigenvalue weighted by molar-refractivity contribution is 0.0653. The van der Waals surface area contributed by atoms with Gasteiger partial charge in [-0.25, -0.2) is 9.37 Å². The van der Waals surface area contributed by atoms with Gasteiger partial charge in [0.25, 0.3) is 5.56 Å². The van der Waals surface area contributed by atoms with Crippen molar-refractivity contribution in [2.45, 2.75) is 85.2 Å². The van der Waals surface area contributed by atoms with Crippen LogP contribution in [0.15, 0.2) is 27.4 Å². The van der Waals surface area contributed by atoms with Gasteiger partial charge in [-0.3, -0.25) is 14.3 Å². The molecule has 0 N–H and O–H groups in total. The second-order valence-electron chi connectivity index (χ2n) is 11.8. The SMILES string of the molecule is [2H]c1c(F)c([2H])c2onc(C3CCN(CCc4c(C)nc5n(c4=O)CC(C)(C)C(C)C5)C(C)(C)C3)c2c1[2H]. The molecule has 1 fully saturated rings. The molecule has 0 amide bonds. The topological polar surface area (TPSA) is 64.2 Å². The summed E-state index contributed by atoms with van der Waals surface area (Å²) in [7, 11) is 0. The van der Waals surface area contributed by atoms with Crippen molar-refractivity contribution in [3.8, 4) is 0 Å². The van der Waals surface area contributed by atoms with Gasteiger partial charge in [-0.05, 0) is 70.0 Å². The highest BCUT2D eigenvalue weighted by molar-refractivity contribution is 5.79. The molecular weight excluding hydrogens is 443 g/mol. The van der Waals surface area contributed by atoms with Gasteiger partial charge in [-0.2, -0.15) is 0 Å². The molecule has 2 atom stereocenters. The standard InChI is InChI=1S/C28H37FN4O2/c1-17-13-24-30-18(2)21(26(34)33(24)16-27(17,3)4)10-12-32-11-9-19(15-28(32,5)6)25-22-8-7-20(29)14-23(22)35-31-25/h7-8,14,17,19H,9-13,15-16H2,1-6H3/i7D,8D,14D. The molecule has 2 unspecified atom stereocenters. The molecule has 7 heteroatoms. The Morgan fingerprint density at radius 2 is 2.06 bits per heavy atom. The maximum Gasteiger partial charge on any atom is 0.257 e.